The second-order valence-electron chi connectivity index (χ2n) is 8.46. The number of ether oxygens (including phenoxy) is 2. The van der Waals surface area contributed by atoms with Crippen molar-refractivity contribution in [2.75, 3.05) is 13.2 Å². The zero-order chi connectivity index (χ0) is 20.6. The van der Waals surface area contributed by atoms with E-state index in [1.807, 2.05) is 6.92 Å². The van der Waals surface area contributed by atoms with Gasteiger partial charge < -0.3 is 9.47 Å². The summed E-state index contributed by atoms with van der Waals surface area (Å²) < 4.78 is 36.9. The van der Waals surface area contributed by atoms with Crippen molar-refractivity contribution in [3.63, 3.8) is 0 Å². The van der Waals surface area contributed by atoms with Gasteiger partial charge in [-0.05, 0) is 56.6 Å². The molecule has 0 N–H and O–H groups in total. The van der Waals surface area contributed by atoms with E-state index < -0.39 is 15.2 Å². The fourth-order valence-electron chi connectivity index (χ4n) is 3.33. The molecule has 1 fully saturated rings. The molecule has 2 unspecified atom stereocenters. The predicted octanol–water partition coefficient (Wildman–Crippen LogP) is 5.14. The Morgan fingerprint density at radius 3 is 2.57 bits per heavy atom. The van der Waals surface area contributed by atoms with Crippen LogP contribution in [-0.2, 0) is 19.3 Å². The predicted molar refractivity (Wildman–Crippen MR) is 111 cm³/mol. The van der Waals surface area contributed by atoms with E-state index in [2.05, 4.69) is 18.7 Å². The molecule has 2 rings (SSSR count). The topological polar surface area (TPSA) is 57.0 Å². The van der Waals surface area contributed by atoms with Crippen molar-refractivity contribution < 1.29 is 17.9 Å². The van der Waals surface area contributed by atoms with Gasteiger partial charge in [-0.15, -0.1) is 0 Å². The maximum absolute atomic E-state index is 12.7. The largest absolute Gasteiger partial charge is 0.353 e. The van der Waals surface area contributed by atoms with Gasteiger partial charge in [-0.25, -0.2) is 15.0 Å². The molecule has 1 heterocycles. The van der Waals surface area contributed by atoms with Gasteiger partial charge in [0.05, 0.1) is 11.5 Å². The third-order valence-electron chi connectivity index (χ3n) is 5.20. The van der Waals surface area contributed by atoms with E-state index >= 15 is 0 Å². The van der Waals surface area contributed by atoms with E-state index in [-0.39, 0.29) is 16.6 Å². The number of rotatable bonds is 10. The number of sulfone groups is 1. The molecule has 5 nitrogen and oxygen atoms in total. The Labute approximate surface area is 170 Å². The van der Waals surface area contributed by atoms with Crippen LogP contribution >= 0.6 is 0 Å². The molecular weight excluding hydrogens is 374 g/mol. The van der Waals surface area contributed by atoms with Gasteiger partial charge in [0, 0.05) is 13.0 Å². The van der Waals surface area contributed by atoms with Crippen LogP contribution in [0.15, 0.2) is 29.2 Å². The number of hydrogen-bond acceptors (Lipinski definition) is 4. The molecule has 0 bridgehead atoms. The fraction of sp³-hybridized carbons (Fsp3) is 0.682. The average Bonchev–Trinajstić information content (AvgIpc) is 2.67. The molecule has 1 aromatic rings. The minimum atomic E-state index is -3.60. The van der Waals surface area contributed by atoms with Gasteiger partial charge in [0.15, 0.2) is 6.29 Å². The molecule has 28 heavy (non-hydrogen) atoms. The molecule has 1 aliphatic heterocycles. The van der Waals surface area contributed by atoms with Gasteiger partial charge in [-0.3, -0.25) is 4.85 Å². The summed E-state index contributed by atoms with van der Waals surface area (Å²) in [5.74, 6) is 0. The Morgan fingerprint density at radius 1 is 1.25 bits per heavy atom. The van der Waals surface area contributed by atoms with Gasteiger partial charge in [-0.1, -0.05) is 38.0 Å². The molecule has 1 aliphatic rings. The molecule has 6 heteroatoms. The van der Waals surface area contributed by atoms with Crippen molar-refractivity contribution in [2.24, 2.45) is 5.41 Å². The molecule has 1 saturated heterocycles. The maximum atomic E-state index is 12.7. The van der Waals surface area contributed by atoms with Crippen molar-refractivity contribution in [1.29, 1.82) is 0 Å². The Balaban J connectivity index is 1.78. The number of aryl methyl sites for hydroxylation is 1. The summed E-state index contributed by atoms with van der Waals surface area (Å²) in [6.45, 7) is 15.0. The summed E-state index contributed by atoms with van der Waals surface area (Å²) in [5, 5.41) is -1.01. The van der Waals surface area contributed by atoms with Crippen molar-refractivity contribution in [3.05, 3.63) is 41.2 Å². The van der Waals surface area contributed by atoms with Crippen LogP contribution in [0, 0.1) is 18.9 Å². The van der Waals surface area contributed by atoms with Crippen molar-refractivity contribution >= 4 is 9.84 Å². The first-order valence-electron chi connectivity index (χ1n) is 10.1. The van der Waals surface area contributed by atoms with Gasteiger partial charge in [0.2, 0.25) is 0 Å². The average molecular weight is 408 g/mol. The molecule has 156 valence electrons. The van der Waals surface area contributed by atoms with Gasteiger partial charge in [0.25, 0.3) is 9.84 Å². The van der Waals surface area contributed by atoms with E-state index in [0.717, 1.165) is 44.3 Å². The first-order valence-corrected chi connectivity index (χ1v) is 11.7. The zero-order valence-electron chi connectivity index (χ0n) is 17.3. The first kappa shape index (κ1) is 22.9. The van der Waals surface area contributed by atoms with Gasteiger partial charge in [0.1, 0.15) is 0 Å². The summed E-state index contributed by atoms with van der Waals surface area (Å²) in [6.07, 6.45) is 6.00. The molecule has 0 radical (unpaired) electrons. The summed E-state index contributed by atoms with van der Waals surface area (Å²) in [5.41, 5.74) is 1.01. The third-order valence-corrected chi connectivity index (χ3v) is 7.19. The molecule has 0 spiro atoms. The molecule has 1 aromatic carbocycles. The van der Waals surface area contributed by atoms with Crippen LogP contribution in [0.5, 0.6) is 0 Å². The second kappa shape index (κ2) is 10.4. The lowest BCUT2D eigenvalue weighted by atomic mass is 9.88. The molecule has 0 aromatic heterocycles. The summed E-state index contributed by atoms with van der Waals surface area (Å²) in [4.78, 5) is 3.65. The third kappa shape index (κ3) is 6.88. The van der Waals surface area contributed by atoms with Crippen LogP contribution in [-0.4, -0.2) is 33.3 Å². The Bertz CT molecular complexity index is 744. The van der Waals surface area contributed by atoms with E-state index in [0.29, 0.717) is 19.4 Å². The van der Waals surface area contributed by atoms with Crippen LogP contribution in [0.2, 0.25) is 0 Å². The SMILES string of the molecule is [C-]#[N+]C(CCCCC(C)(C)COC1CCCCO1)S(=O)(=O)c1ccc(C)cc1. The molecule has 2 atom stereocenters. The van der Waals surface area contributed by atoms with Crippen molar-refractivity contribution in [2.45, 2.75) is 82.3 Å². The molecular formula is C22H33NO4S. The van der Waals surface area contributed by atoms with Crippen molar-refractivity contribution in [3.8, 4) is 0 Å². The van der Waals surface area contributed by atoms with Gasteiger partial charge in [-0.2, -0.15) is 0 Å². The molecule has 0 saturated carbocycles. The Morgan fingerprint density at radius 2 is 1.96 bits per heavy atom. The number of hydrogen-bond donors (Lipinski definition) is 0. The van der Waals surface area contributed by atoms with Crippen LogP contribution in [0.4, 0.5) is 0 Å². The lowest BCUT2D eigenvalue weighted by Crippen LogP contribution is -2.28. The van der Waals surface area contributed by atoms with E-state index in [4.69, 9.17) is 16.0 Å². The lowest BCUT2D eigenvalue weighted by molar-refractivity contribution is -0.176. The fourth-order valence-corrected chi connectivity index (χ4v) is 4.78. The summed E-state index contributed by atoms with van der Waals surface area (Å²) in [6, 6.07) is 6.73. The number of unbranched alkanes of at least 4 members (excludes halogenated alkanes) is 1. The van der Waals surface area contributed by atoms with E-state index in [1.54, 1.807) is 24.3 Å². The monoisotopic (exact) mass is 407 g/mol. The Hall–Kier alpha value is -1.42. The highest BCUT2D eigenvalue weighted by Crippen LogP contribution is 2.28. The van der Waals surface area contributed by atoms with E-state index in [9.17, 15) is 8.42 Å². The van der Waals surface area contributed by atoms with Crippen LogP contribution < -0.4 is 0 Å². The highest BCUT2D eigenvalue weighted by Gasteiger charge is 2.32. The quantitative estimate of drug-likeness (QED) is 0.398. The highest BCUT2D eigenvalue weighted by atomic mass is 32.2. The van der Waals surface area contributed by atoms with Crippen molar-refractivity contribution in [1.82, 2.24) is 0 Å². The lowest BCUT2D eigenvalue weighted by Gasteiger charge is -2.29. The van der Waals surface area contributed by atoms with Crippen LogP contribution in [0.25, 0.3) is 4.85 Å². The zero-order valence-corrected chi connectivity index (χ0v) is 18.1. The number of benzene rings is 1. The van der Waals surface area contributed by atoms with Gasteiger partial charge >= 0.3 is 5.37 Å². The normalized spacial score (nSPS) is 19.1. The second-order valence-corrected chi connectivity index (χ2v) is 10.6. The minimum absolute atomic E-state index is 0.00421. The summed E-state index contributed by atoms with van der Waals surface area (Å²) >= 11 is 0. The Kier molecular flexibility index (Phi) is 8.48. The smallest absolute Gasteiger partial charge is 0.325 e. The molecule has 0 aliphatic carbocycles. The first-order chi connectivity index (χ1) is 13.2. The van der Waals surface area contributed by atoms with Crippen LogP contribution in [0.1, 0.15) is 64.4 Å². The molecule has 0 amide bonds. The minimum Gasteiger partial charge on any atom is -0.353 e. The van der Waals surface area contributed by atoms with Crippen LogP contribution in [0.3, 0.4) is 0 Å². The maximum Gasteiger partial charge on any atom is 0.325 e. The number of nitrogens with zero attached hydrogens (tertiary/aromatic N) is 1. The summed E-state index contributed by atoms with van der Waals surface area (Å²) in [7, 11) is -3.60. The van der Waals surface area contributed by atoms with E-state index in [1.165, 1.54) is 0 Å². The highest BCUT2D eigenvalue weighted by molar-refractivity contribution is 7.92. The standard InChI is InChI=1S/C22H33NO4S/c1-18-11-13-19(14-12-18)28(24,25)20(23-4)9-5-7-15-22(2,3)17-27-21-10-6-8-16-26-21/h11-14,20-21H,5-10,15-17H2,1-3H3.